The molecule has 0 saturated heterocycles. The summed E-state index contributed by atoms with van der Waals surface area (Å²) in [7, 11) is 1.74. The van der Waals surface area contributed by atoms with Crippen molar-refractivity contribution in [2.45, 2.75) is 6.92 Å². The van der Waals surface area contributed by atoms with Crippen LogP contribution in [-0.2, 0) is 0 Å². The van der Waals surface area contributed by atoms with Gasteiger partial charge in [0.05, 0.1) is 0 Å². The summed E-state index contributed by atoms with van der Waals surface area (Å²) < 4.78 is 0. The van der Waals surface area contributed by atoms with Crippen molar-refractivity contribution in [3.8, 4) is 0 Å². The number of hydrogen-bond acceptors (Lipinski definition) is 1. The summed E-state index contributed by atoms with van der Waals surface area (Å²) >= 11 is 0. The van der Waals surface area contributed by atoms with Crippen molar-refractivity contribution < 1.29 is 0 Å². The molecule has 0 aliphatic carbocycles. The molecule has 0 radical (unpaired) electrons. The summed E-state index contributed by atoms with van der Waals surface area (Å²) in [5, 5.41) is 0. The molecule has 0 amide bonds. The van der Waals surface area contributed by atoms with Gasteiger partial charge in [-0.15, -0.1) is 0 Å². The summed E-state index contributed by atoms with van der Waals surface area (Å²) in [6.07, 6.45) is 5.50. The number of hydrogen-bond donors (Lipinski definition) is 0. The Hall–Kier alpha value is -0.850. The van der Waals surface area contributed by atoms with E-state index in [1.54, 1.807) is 19.3 Å². The smallest absolute Gasteiger partial charge is 0.0277 e. The Bertz CT molecular complexity index is 120. The van der Waals surface area contributed by atoms with Crippen LogP contribution in [0.1, 0.15) is 6.92 Å². The van der Waals surface area contributed by atoms with Gasteiger partial charge in [-0.2, -0.15) is 0 Å². The normalized spacial score (nSPS) is 12.5. The molecule has 0 saturated carbocycles. The van der Waals surface area contributed by atoms with Gasteiger partial charge in [-0.25, -0.2) is 0 Å². The molecular weight excluding hydrogens is 98.1 g/mol. The second-order valence-electron chi connectivity index (χ2n) is 1.38. The zero-order chi connectivity index (χ0) is 6.41. The van der Waals surface area contributed by atoms with E-state index in [2.05, 4.69) is 11.6 Å². The third kappa shape index (κ3) is 2.35. The van der Waals surface area contributed by atoms with E-state index in [9.17, 15) is 0 Å². The summed E-state index contributed by atoms with van der Waals surface area (Å²) in [6.45, 7) is 5.55. The van der Waals surface area contributed by atoms with Crippen LogP contribution in [0.5, 0.6) is 0 Å². The second kappa shape index (κ2) is 4.31. The van der Waals surface area contributed by atoms with Crippen LogP contribution < -0.4 is 0 Å². The van der Waals surface area contributed by atoms with Crippen LogP contribution in [0.4, 0.5) is 0 Å². The lowest BCUT2D eigenvalue weighted by atomic mass is 10.3. The van der Waals surface area contributed by atoms with Gasteiger partial charge in [0.25, 0.3) is 0 Å². The standard InChI is InChI=1S/C7H11N/c1-4-7(5-2)6-8-3/h4-6H,1H2,2-3H3/b7-5-,8-6?. The Morgan fingerprint density at radius 1 is 1.62 bits per heavy atom. The zero-order valence-corrected chi connectivity index (χ0v) is 5.39. The molecule has 44 valence electrons. The maximum atomic E-state index is 3.81. The summed E-state index contributed by atoms with van der Waals surface area (Å²) in [5.41, 5.74) is 1.06. The highest BCUT2D eigenvalue weighted by Gasteiger charge is 1.75. The van der Waals surface area contributed by atoms with Crippen LogP contribution in [0.25, 0.3) is 0 Å². The first kappa shape index (κ1) is 7.15. The fourth-order valence-corrected chi connectivity index (χ4v) is 0.394. The number of allylic oxidation sites excluding steroid dienone is 3. The topological polar surface area (TPSA) is 12.4 Å². The Morgan fingerprint density at radius 2 is 2.25 bits per heavy atom. The largest absolute Gasteiger partial charge is 0.296 e. The second-order valence-corrected chi connectivity index (χ2v) is 1.38. The van der Waals surface area contributed by atoms with Crippen LogP contribution in [0, 0.1) is 0 Å². The van der Waals surface area contributed by atoms with E-state index in [1.807, 2.05) is 13.0 Å². The third-order valence-corrected chi connectivity index (χ3v) is 0.847. The molecule has 8 heavy (non-hydrogen) atoms. The van der Waals surface area contributed by atoms with Gasteiger partial charge in [0.2, 0.25) is 0 Å². The van der Waals surface area contributed by atoms with Gasteiger partial charge in [-0.1, -0.05) is 18.7 Å². The number of aliphatic imine (C=N–C) groups is 1. The van der Waals surface area contributed by atoms with Crippen molar-refractivity contribution >= 4 is 6.21 Å². The molecule has 0 bridgehead atoms. The molecule has 0 aromatic heterocycles. The highest BCUT2D eigenvalue weighted by Crippen LogP contribution is 1.88. The Balaban J connectivity index is 3.91. The van der Waals surface area contributed by atoms with Crippen molar-refractivity contribution in [3.63, 3.8) is 0 Å². The molecule has 0 aliphatic rings. The van der Waals surface area contributed by atoms with Crippen molar-refractivity contribution in [2.75, 3.05) is 7.05 Å². The monoisotopic (exact) mass is 109 g/mol. The van der Waals surface area contributed by atoms with Crippen LogP contribution in [0.2, 0.25) is 0 Å². The third-order valence-electron chi connectivity index (χ3n) is 0.847. The number of nitrogens with zero attached hydrogens (tertiary/aromatic N) is 1. The predicted molar refractivity (Wildman–Crippen MR) is 38.4 cm³/mol. The molecule has 0 aromatic rings. The quantitative estimate of drug-likeness (QED) is 0.379. The molecule has 1 nitrogen and oxygen atoms in total. The SMILES string of the molecule is C=C/C(C=NC)=C/C. The zero-order valence-electron chi connectivity index (χ0n) is 5.39. The first-order valence-electron chi connectivity index (χ1n) is 2.56. The number of rotatable bonds is 2. The minimum atomic E-state index is 1.06. The lowest BCUT2D eigenvalue weighted by molar-refractivity contribution is 1.46. The highest BCUT2D eigenvalue weighted by atomic mass is 14.6. The summed E-state index contributed by atoms with van der Waals surface area (Å²) in [6, 6.07) is 0. The Labute approximate surface area is 50.4 Å². The first-order chi connectivity index (χ1) is 3.85. The molecule has 0 spiro atoms. The van der Waals surface area contributed by atoms with E-state index in [0.717, 1.165) is 5.57 Å². The van der Waals surface area contributed by atoms with E-state index < -0.39 is 0 Å². The van der Waals surface area contributed by atoms with E-state index in [0.29, 0.717) is 0 Å². The van der Waals surface area contributed by atoms with Gasteiger partial charge < -0.3 is 0 Å². The summed E-state index contributed by atoms with van der Waals surface area (Å²) in [4.78, 5) is 3.81. The van der Waals surface area contributed by atoms with Crippen molar-refractivity contribution in [2.24, 2.45) is 4.99 Å². The molecular formula is C7H11N. The molecule has 1 heteroatoms. The van der Waals surface area contributed by atoms with Gasteiger partial charge in [0.15, 0.2) is 0 Å². The van der Waals surface area contributed by atoms with Gasteiger partial charge in [0, 0.05) is 13.3 Å². The molecule has 0 heterocycles. The van der Waals surface area contributed by atoms with Crippen molar-refractivity contribution in [1.82, 2.24) is 0 Å². The molecule has 0 unspecified atom stereocenters. The molecule has 0 N–H and O–H groups in total. The van der Waals surface area contributed by atoms with Crippen LogP contribution in [-0.4, -0.2) is 13.3 Å². The fourth-order valence-electron chi connectivity index (χ4n) is 0.394. The molecule has 0 aromatic carbocycles. The van der Waals surface area contributed by atoms with E-state index in [-0.39, 0.29) is 0 Å². The van der Waals surface area contributed by atoms with Crippen LogP contribution >= 0.6 is 0 Å². The molecule has 0 fully saturated rings. The van der Waals surface area contributed by atoms with Crippen molar-refractivity contribution in [3.05, 3.63) is 24.3 Å². The Morgan fingerprint density at radius 3 is 2.38 bits per heavy atom. The van der Waals surface area contributed by atoms with Gasteiger partial charge in [0.1, 0.15) is 0 Å². The van der Waals surface area contributed by atoms with E-state index in [4.69, 9.17) is 0 Å². The van der Waals surface area contributed by atoms with Gasteiger partial charge in [-0.3, -0.25) is 4.99 Å². The van der Waals surface area contributed by atoms with Crippen LogP contribution in [0.3, 0.4) is 0 Å². The van der Waals surface area contributed by atoms with Crippen LogP contribution in [0.15, 0.2) is 29.3 Å². The molecule has 0 rings (SSSR count). The summed E-state index contributed by atoms with van der Waals surface area (Å²) in [5.74, 6) is 0. The van der Waals surface area contributed by atoms with Gasteiger partial charge >= 0.3 is 0 Å². The lowest BCUT2D eigenvalue weighted by Gasteiger charge is -1.83. The minimum absolute atomic E-state index is 1.06. The predicted octanol–water partition coefficient (Wildman–Crippen LogP) is 1.82. The van der Waals surface area contributed by atoms with Gasteiger partial charge in [-0.05, 0) is 12.5 Å². The lowest BCUT2D eigenvalue weighted by Crippen LogP contribution is -1.75. The van der Waals surface area contributed by atoms with E-state index >= 15 is 0 Å². The van der Waals surface area contributed by atoms with E-state index in [1.165, 1.54) is 0 Å². The molecule has 0 atom stereocenters. The fraction of sp³-hybridized carbons (Fsp3) is 0.286. The average Bonchev–Trinajstić information content (AvgIpc) is 1.83. The maximum absolute atomic E-state index is 3.81. The average molecular weight is 109 g/mol. The van der Waals surface area contributed by atoms with Crippen molar-refractivity contribution in [1.29, 1.82) is 0 Å². The molecule has 0 aliphatic heterocycles. The minimum Gasteiger partial charge on any atom is -0.296 e. The highest BCUT2D eigenvalue weighted by molar-refractivity contribution is 5.81. The maximum Gasteiger partial charge on any atom is 0.0277 e. The first-order valence-corrected chi connectivity index (χ1v) is 2.56. The Kier molecular flexibility index (Phi) is 3.85.